The lowest BCUT2D eigenvalue weighted by Crippen LogP contribution is -2.38. The van der Waals surface area contributed by atoms with Crippen LogP contribution in [0.2, 0.25) is 0 Å². The van der Waals surface area contributed by atoms with Crippen LogP contribution in [0, 0.1) is 0 Å². The van der Waals surface area contributed by atoms with Gasteiger partial charge >= 0.3 is 0 Å². The van der Waals surface area contributed by atoms with E-state index in [-0.39, 0.29) is 40.3 Å². The van der Waals surface area contributed by atoms with Gasteiger partial charge in [-0.25, -0.2) is 9.36 Å². The second kappa shape index (κ2) is 8.68. The molecule has 1 amide bonds. The topological polar surface area (TPSA) is 109 Å². The molecule has 3 rings (SSSR count). The molecule has 10 heteroatoms. The van der Waals surface area contributed by atoms with E-state index < -0.39 is 11.1 Å². The van der Waals surface area contributed by atoms with E-state index in [1.807, 2.05) is 24.4 Å². The maximum Gasteiger partial charge on any atom is 0.290 e. The Balaban J connectivity index is 2.11. The van der Waals surface area contributed by atoms with Gasteiger partial charge in [0.15, 0.2) is 5.75 Å². The molecule has 31 heavy (non-hydrogen) atoms. The number of hydrogen-bond donors (Lipinski definition) is 3. The van der Waals surface area contributed by atoms with Crippen LogP contribution in [-0.4, -0.2) is 39.4 Å². The van der Waals surface area contributed by atoms with Gasteiger partial charge < -0.3 is 20.6 Å². The summed E-state index contributed by atoms with van der Waals surface area (Å²) in [6.45, 7) is 1.89. The molecule has 0 aliphatic rings. The summed E-state index contributed by atoms with van der Waals surface area (Å²) < 4.78 is 2.39. The lowest BCUT2D eigenvalue weighted by Gasteiger charge is -2.20. The lowest BCUT2D eigenvalue weighted by atomic mass is 10.1. The minimum absolute atomic E-state index is 0.0150. The number of carbonyl (C=O) groups excluding carboxylic acids is 1. The van der Waals surface area contributed by atoms with Crippen molar-refractivity contribution in [2.24, 2.45) is 14.1 Å². The van der Waals surface area contributed by atoms with Crippen LogP contribution in [0.15, 0.2) is 45.3 Å². The van der Waals surface area contributed by atoms with Crippen LogP contribution in [0.4, 0.5) is 17.1 Å². The van der Waals surface area contributed by atoms with E-state index in [4.69, 9.17) is 0 Å². The van der Waals surface area contributed by atoms with Crippen LogP contribution in [-0.2, 0) is 14.1 Å². The van der Waals surface area contributed by atoms with Crippen LogP contribution < -0.4 is 21.8 Å². The molecule has 0 radical (unpaired) electrons. The first kappa shape index (κ1) is 22.2. The van der Waals surface area contributed by atoms with Gasteiger partial charge in [-0.05, 0) is 30.5 Å². The normalized spacial score (nSPS) is 11.8. The maximum absolute atomic E-state index is 13.0. The Bertz CT molecular complexity index is 1230. The molecule has 2 heterocycles. The van der Waals surface area contributed by atoms with Crippen LogP contribution in [0.1, 0.15) is 28.2 Å². The zero-order valence-corrected chi connectivity index (χ0v) is 18.8. The number of phenols is 1. The zero-order chi connectivity index (χ0) is 22.9. The number of benzene rings is 1. The van der Waals surface area contributed by atoms with E-state index in [1.165, 1.54) is 51.8 Å². The Morgan fingerprint density at radius 2 is 1.71 bits per heavy atom. The number of nitrogens with zero attached hydrogens (tertiary/aromatic N) is 3. The molecule has 0 aliphatic carbocycles. The second-order valence-corrected chi connectivity index (χ2v) is 8.29. The van der Waals surface area contributed by atoms with Gasteiger partial charge in [0.25, 0.3) is 17.0 Å². The summed E-state index contributed by atoms with van der Waals surface area (Å²) in [7, 11) is 6.13. The van der Waals surface area contributed by atoms with Gasteiger partial charge in [-0.3, -0.25) is 14.4 Å². The van der Waals surface area contributed by atoms with Crippen molar-refractivity contribution in [2.75, 3.05) is 24.7 Å². The van der Waals surface area contributed by atoms with E-state index in [0.29, 0.717) is 0 Å². The Morgan fingerprint density at radius 1 is 1.06 bits per heavy atom. The van der Waals surface area contributed by atoms with Gasteiger partial charge in [-0.1, -0.05) is 12.1 Å². The standard InChI is InChI=1S/C21H25N5O4S/c1-12(15-10-7-11-31-15)22-16-17(21(30)26(5)25(4)20(16)29)23-14-9-6-8-13(18(14)27)19(28)24(2)3/h6-12,22-23,27H,1-5H3/t12-/m1/s1. The van der Waals surface area contributed by atoms with Crippen LogP contribution in [0.5, 0.6) is 5.75 Å². The van der Waals surface area contributed by atoms with Gasteiger partial charge in [-0.15, -0.1) is 11.3 Å². The summed E-state index contributed by atoms with van der Waals surface area (Å²) in [5.41, 5.74) is -0.587. The number of aromatic nitrogens is 2. The number of phenolic OH excluding ortho intramolecular Hbond substituents is 1. The van der Waals surface area contributed by atoms with E-state index in [1.54, 1.807) is 20.2 Å². The quantitative estimate of drug-likeness (QED) is 0.505. The smallest absolute Gasteiger partial charge is 0.290 e. The van der Waals surface area contributed by atoms with Crippen LogP contribution in [0.25, 0.3) is 0 Å². The van der Waals surface area contributed by atoms with Crippen LogP contribution >= 0.6 is 11.3 Å². The molecule has 0 fully saturated rings. The van der Waals surface area contributed by atoms with Crippen molar-refractivity contribution in [3.05, 3.63) is 66.9 Å². The molecule has 0 saturated carbocycles. The fourth-order valence-electron chi connectivity index (χ4n) is 3.08. The fraction of sp³-hybridized carbons (Fsp3) is 0.286. The molecule has 3 aromatic rings. The van der Waals surface area contributed by atoms with Crippen molar-refractivity contribution in [1.29, 1.82) is 0 Å². The van der Waals surface area contributed by atoms with Gasteiger partial charge in [0.05, 0.1) is 17.3 Å². The van der Waals surface area contributed by atoms with Crippen molar-refractivity contribution in [1.82, 2.24) is 14.3 Å². The van der Waals surface area contributed by atoms with E-state index in [0.717, 1.165) is 4.88 Å². The molecule has 0 aliphatic heterocycles. The summed E-state index contributed by atoms with van der Waals surface area (Å²) in [6.07, 6.45) is 0. The highest BCUT2D eigenvalue weighted by molar-refractivity contribution is 7.10. The highest BCUT2D eigenvalue weighted by atomic mass is 32.1. The highest BCUT2D eigenvalue weighted by Crippen LogP contribution is 2.32. The summed E-state index contributed by atoms with van der Waals surface area (Å²) in [4.78, 5) is 40.7. The first-order valence-electron chi connectivity index (χ1n) is 9.54. The number of para-hydroxylation sites is 1. The number of aromatic hydroxyl groups is 1. The molecule has 164 valence electrons. The predicted octanol–water partition coefficient (Wildman–Crippen LogP) is 2.47. The Labute approximate surface area is 183 Å². The van der Waals surface area contributed by atoms with E-state index >= 15 is 0 Å². The summed E-state index contributed by atoms with van der Waals surface area (Å²) in [6, 6.07) is 8.23. The molecule has 0 spiro atoms. The average molecular weight is 444 g/mol. The minimum Gasteiger partial charge on any atom is -0.505 e. The lowest BCUT2D eigenvalue weighted by molar-refractivity contribution is 0.0824. The van der Waals surface area contributed by atoms with Crippen molar-refractivity contribution >= 4 is 34.3 Å². The summed E-state index contributed by atoms with van der Waals surface area (Å²) in [5.74, 6) is -0.691. The van der Waals surface area contributed by atoms with Gasteiger partial charge in [0.2, 0.25) is 0 Å². The average Bonchev–Trinajstić information content (AvgIpc) is 3.28. The maximum atomic E-state index is 13.0. The molecule has 2 aromatic heterocycles. The Hall–Kier alpha value is -3.53. The van der Waals surface area contributed by atoms with E-state index in [2.05, 4.69) is 10.6 Å². The number of anilines is 3. The SMILES string of the molecule is C[C@@H](Nc1c(Nc2cccc(C(=O)N(C)C)c2O)c(=O)n(C)n(C)c1=O)c1cccs1. The Kier molecular flexibility index (Phi) is 6.21. The fourth-order valence-corrected chi connectivity index (χ4v) is 3.81. The molecule has 0 bridgehead atoms. The molecule has 3 N–H and O–H groups in total. The van der Waals surface area contributed by atoms with Gasteiger partial charge in [0, 0.05) is 33.1 Å². The number of carbonyl (C=O) groups is 1. The molecule has 0 saturated heterocycles. The first-order valence-corrected chi connectivity index (χ1v) is 10.4. The number of hydrogen-bond acceptors (Lipinski definition) is 7. The third-order valence-electron chi connectivity index (χ3n) is 4.98. The van der Waals surface area contributed by atoms with Crippen molar-refractivity contribution in [3.63, 3.8) is 0 Å². The third kappa shape index (κ3) is 4.19. The largest absolute Gasteiger partial charge is 0.505 e. The second-order valence-electron chi connectivity index (χ2n) is 7.32. The number of nitrogens with one attached hydrogen (secondary N) is 2. The van der Waals surface area contributed by atoms with E-state index in [9.17, 15) is 19.5 Å². The molecule has 0 unspecified atom stereocenters. The molecular formula is C21H25N5O4S. The number of thiophene rings is 1. The van der Waals surface area contributed by atoms with Crippen LogP contribution in [0.3, 0.4) is 0 Å². The molecule has 1 atom stereocenters. The van der Waals surface area contributed by atoms with Crippen molar-refractivity contribution in [3.8, 4) is 5.75 Å². The predicted molar refractivity (Wildman–Crippen MR) is 123 cm³/mol. The molecule has 9 nitrogen and oxygen atoms in total. The van der Waals surface area contributed by atoms with Gasteiger partial charge in [-0.2, -0.15) is 0 Å². The third-order valence-corrected chi connectivity index (χ3v) is 6.03. The summed E-state index contributed by atoms with van der Waals surface area (Å²) >= 11 is 1.53. The van der Waals surface area contributed by atoms with Gasteiger partial charge in [0.1, 0.15) is 11.4 Å². The van der Waals surface area contributed by atoms with Crippen molar-refractivity contribution < 1.29 is 9.90 Å². The highest BCUT2D eigenvalue weighted by Gasteiger charge is 2.22. The minimum atomic E-state index is -0.466. The summed E-state index contributed by atoms with van der Waals surface area (Å²) in [5, 5.41) is 18.6. The van der Waals surface area contributed by atoms with Crippen molar-refractivity contribution in [2.45, 2.75) is 13.0 Å². The number of rotatable bonds is 6. The monoisotopic (exact) mass is 443 g/mol. The zero-order valence-electron chi connectivity index (χ0n) is 18.0. The Morgan fingerprint density at radius 3 is 2.29 bits per heavy atom. The first-order chi connectivity index (χ1) is 14.6. The molecular weight excluding hydrogens is 418 g/mol. The molecule has 1 aromatic carbocycles. The number of amides is 1.